The molecule has 0 aliphatic rings. The van der Waals surface area contributed by atoms with E-state index in [9.17, 15) is 9.59 Å². The van der Waals surface area contributed by atoms with E-state index in [0.29, 0.717) is 0 Å². The summed E-state index contributed by atoms with van der Waals surface area (Å²) in [6, 6.07) is 0. The van der Waals surface area contributed by atoms with Crippen LogP contribution in [0.1, 0.15) is 6.92 Å². The largest absolute Gasteiger partial charge is 0.459 e. The van der Waals surface area contributed by atoms with Crippen molar-refractivity contribution in [2.75, 3.05) is 6.61 Å². The molecule has 0 amide bonds. The number of ether oxygens (including phenoxy) is 2. The number of halogens is 6. The predicted molar refractivity (Wildman–Crippen MR) is 67.1 cm³/mol. The van der Waals surface area contributed by atoms with Gasteiger partial charge in [-0.05, 0) is 6.92 Å². The fourth-order valence-corrected chi connectivity index (χ4v) is 0.856. The number of hydrogen-bond acceptors (Lipinski definition) is 4. The lowest BCUT2D eigenvalue weighted by molar-refractivity contribution is -0.156. The SMILES string of the molecule is C[C@H](COC(=O)C(Cl)(Cl)Cl)OC(=O)C(Cl)(Cl)Cl. The first-order chi connectivity index (χ1) is 7.44. The highest BCUT2D eigenvalue weighted by Gasteiger charge is 2.35. The Labute approximate surface area is 127 Å². The fraction of sp³-hybridized carbons (Fsp3) is 0.714. The molecule has 0 aromatic carbocycles. The molecule has 0 saturated heterocycles. The summed E-state index contributed by atoms with van der Waals surface area (Å²) >= 11 is 31.4. The van der Waals surface area contributed by atoms with E-state index in [-0.39, 0.29) is 6.61 Å². The van der Waals surface area contributed by atoms with Crippen LogP contribution in [0, 0.1) is 0 Å². The van der Waals surface area contributed by atoms with Crippen molar-refractivity contribution >= 4 is 81.5 Å². The smallest absolute Gasteiger partial charge is 0.358 e. The molecule has 0 aromatic heterocycles. The van der Waals surface area contributed by atoms with E-state index in [1.165, 1.54) is 6.92 Å². The average molecular weight is 367 g/mol. The molecule has 0 radical (unpaired) electrons. The minimum atomic E-state index is -2.20. The zero-order valence-corrected chi connectivity index (χ0v) is 12.7. The van der Waals surface area contributed by atoms with Crippen molar-refractivity contribution in [2.45, 2.75) is 20.6 Å². The van der Waals surface area contributed by atoms with E-state index in [2.05, 4.69) is 9.47 Å². The van der Waals surface area contributed by atoms with Gasteiger partial charge in [-0.1, -0.05) is 69.6 Å². The van der Waals surface area contributed by atoms with Crippen molar-refractivity contribution in [2.24, 2.45) is 0 Å². The first-order valence-electron chi connectivity index (χ1n) is 3.96. The molecule has 0 fully saturated rings. The lowest BCUT2D eigenvalue weighted by Gasteiger charge is -2.17. The van der Waals surface area contributed by atoms with Crippen LogP contribution in [0.4, 0.5) is 0 Å². The highest BCUT2D eigenvalue weighted by atomic mass is 35.6. The number of hydrogen-bond donors (Lipinski definition) is 0. The fourth-order valence-electron chi connectivity index (χ4n) is 0.558. The molecular formula is C7H6Cl6O4. The standard InChI is InChI=1S/C7H6Cl6O4/c1-3(17-5(15)7(11,12)13)2-16-4(14)6(8,9)10/h3H,2H2,1H3/t3-/m1/s1. The number of carbonyl (C=O) groups excluding carboxylic acids is 2. The van der Waals surface area contributed by atoms with Crippen LogP contribution < -0.4 is 0 Å². The topological polar surface area (TPSA) is 52.6 Å². The second kappa shape index (κ2) is 6.73. The van der Waals surface area contributed by atoms with E-state index in [0.717, 1.165) is 0 Å². The van der Waals surface area contributed by atoms with Gasteiger partial charge in [-0.15, -0.1) is 0 Å². The van der Waals surface area contributed by atoms with Crippen LogP contribution in [-0.2, 0) is 19.1 Å². The Morgan fingerprint density at radius 1 is 1.00 bits per heavy atom. The molecule has 1 atom stereocenters. The van der Waals surface area contributed by atoms with Crippen LogP contribution in [0.5, 0.6) is 0 Å². The normalized spacial score (nSPS) is 14.1. The van der Waals surface area contributed by atoms with Gasteiger partial charge in [0.25, 0.3) is 7.59 Å². The summed E-state index contributed by atoms with van der Waals surface area (Å²) in [4.78, 5) is 22.1. The molecular weight excluding hydrogens is 361 g/mol. The van der Waals surface area contributed by atoms with Crippen LogP contribution in [0.25, 0.3) is 0 Å². The van der Waals surface area contributed by atoms with Crippen LogP contribution in [0.15, 0.2) is 0 Å². The summed E-state index contributed by atoms with van der Waals surface area (Å²) in [5.74, 6) is -2.20. The Bertz CT molecular complexity index is 294. The van der Waals surface area contributed by atoms with E-state index in [4.69, 9.17) is 69.6 Å². The number of esters is 2. The van der Waals surface area contributed by atoms with Gasteiger partial charge in [-0.2, -0.15) is 0 Å². The van der Waals surface area contributed by atoms with Gasteiger partial charge in [0.2, 0.25) is 0 Å². The molecule has 0 saturated carbocycles. The Morgan fingerprint density at radius 3 is 1.76 bits per heavy atom. The van der Waals surface area contributed by atoms with Crippen molar-refractivity contribution < 1.29 is 19.1 Å². The Hall–Kier alpha value is 0.680. The van der Waals surface area contributed by atoms with E-state index in [1.807, 2.05) is 0 Å². The van der Waals surface area contributed by atoms with Crippen molar-refractivity contribution in [1.82, 2.24) is 0 Å². The minimum Gasteiger partial charge on any atom is -0.459 e. The molecule has 4 nitrogen and oxygen atoms in total. The highest BCUT2D eigenvalue weighted by Crippen LogP contribution is 2.29. The molecule has 0 N–H and O–H groups in total. The quantitative estimate of drug-likeness (QED) is 0.568. The van der Waals surface area contributed by atoms with Gasteiger partial charge in [-0.25, -0.2) is 9.59 Å². The van der Waals surface area contributed by atoms with Gasteiger partial charge in [0, 0.05) is 0 Å². The summed E-state index contributed by atoms with van der Waals surface area (Å²) < 4.78 is 4.78. The third-order valence-corrected chi connectivity index (χ3v) is 2.15. The van der Waals surface area contributed by atoms with Crippen LogP contribution >= 0.6 is 69.6 Å². The number of alkyl halides is 6. The van der Waals surface area contributed by atoms with Gasteiger partial charge in [0.1, 0.15) is 12.7 Å². The zero-order valence-electron chi connectivity index (χ0n) is 8.19. The third-order valence-electron chi connectivity index (χ3n) is 1.22. The summed E-state index contributed by atoms with van der Waals surface area (Å²) in [5.41, 5.74) is 0. The maximum atomic E-state index is 11.1. The van der Waals surface area contributed by atoms with Gasteiger partial charge < -0.3 is 9.47 Å². The summed E-state index contributed by atoms with van der Waals surface area (Å²) in [6.45, 7) is 1.07. The molecule has 0 rings (SSSR count). The first-order valence-corrected chi connectivity index (χ1v) is 6.23. The van der Waals surface area contributed by atoms with Gasteiger partial charge in [0.05, 0.1) is 0 Å². The zero-order chi connectivity index (χ0) is 13.9. The molecule has 100 valence electrons. The van der Waals surface area contributed by atoms with Gasteiger partial charge in [0.15, 0.2) is 0 Å². The molecule has 0 unspecified atom stereocenters. The summed E-state index contributed by atoms with van der Waals surface area (Å²) in [5, 5.41) is 0. The monoisotopic (exact) mass is 364 g/mol. The molecule has 0 heterocycles. The molecule has 17 heavy (non-hydrogen) atoms. The van der Waals surface area contributed by atoms with Crippen molar-refractivity contribution in [3.05, 3.63) is 0 Å². The second-order valence-corrected chi connectivity index (χ2v) is 7.37. The first kappa shape index (κ1) is 17.7. The Kier molecular flexibility index (Phi) is 7.00. The summed E-state index contributed by atoms with van der Waals surface area (Å²) in [6.07, 6.45) is -0.852. The molecule has 10 heteroatoms. The number of rotatable bonds is 3. The average Bonchev–Trinajstić information content (AvgIpc) is 2.10. The maximum absolute atomic E-state index is 11.1. The van der Waals surface area contributed by atoms with Crippen molar-refractivity contribution in [3.63, 3.8) is 0 Å². The Morgan fingerprint density at radius 2 is 1.41 bits per heavy atom. The van der Waals surface area contributed by atoms with E-state index < -0.39 is 25.6 Å². The lowest BCUT2D eigenvalue weighted by Crippen LogP contribution is -2.31. The van der Waals surface area contributed by atoms with Gasteiger partial charge >= 0.3 is 11.9 Å². The van der Waals surface area contributed by atoms with Crippen molar-refractivity contribution in [3.8, 4) is 0 Å². The molecule has 0 spiro atoms. The van der Waals surface area contributed by atoms with Crippen molar-refractivity contribution in [1.29, 1.82) is 0 Å². The summed E-state index contributed by atoms with van der Waals surface area (Å²) in [7, 11) is 0. The number of carbonyl (C=O) groups is 2. The predicted octanol–water partition coefficient (Wildman–Crippen LogP) is 3.20. The molecule has 0 aromatic rings. The third kappa shape index (κ3) is 7.65. The lowest BCUT2D eigenvalue weighted by atomic mass is 10.4. The second-order valence-electron chi connectivity index (χ2n) is 2.81. The van der Waals surface area contributed by atoms with E-state index in [1.54, 1.807) is 0 Å². The highest BCUT2D eigenvalue weighted by molar-refractivity contribution is 6.76. The maximum Gasteiger partial charge on any atom is 0.358 e. The van der Waals surface area contributed by atoms with E-state index >= 15 is 0 Å². The minimum absolute atomic E-state index is 0.334. The van der Waals surface area contributed by atoms with Crippen LogP contribution in [0.2, 0.25) is 0 Å². The molecule has 0 aliphatic carbocycles. The Balaban J connectivity index is 4.10. The molecule has 0 bridgehead atoms. The molecule has 0 aliphatic heterocycles. The van der Waals surface area contributed by atoms with Crippen LogP contribution in [0.3, 0.4) is 0 Å². The van der Waals surface area contributed by atoms with Gasteiger partial charge in [-0.3, -0.25) is 0 Å². The van der Waals surface area contributed by atoms with Crippen LogP contribution in [-0.4, -0.2) is 32.2 Å².